The van der Waals surface area contributed by atoms with Crippen LogP contribution >= 0.6 is 23.8 Å². The van der Waals surface area contributed by atoms with Crippen LogP contribution < -0.4 is 4.74 Å². The quantitative estimate of drug-likeness (QED) is 0.407. The Hall–Kier alpha value is -2.44. The van der Waals surface area contributed by atoms with Crippen LogP contribution in [-0.2, 0) is 13.0 Å². The fourth-order valence-electron chi connectivity index (χ4n) is 2.54. The summed E-state index contributed by atoms with van der Waals surface area (Å²) in [6.45, 7) is 2.60. The van der Waals surface area contributed by atoms with E-state index in [4.69, 9.17) is 28.6 Å². The number of benzene rings is 2. The van der Waals surface area contributed by atoms with Gasteiger partial charge in [0.05, 0.1) is 6.21 Å². The lowest BCUT2D eigenvalue weighted by Crippen LogP contribution is -1.99. The number of aromatic amines is 1. The summed E-state index contributed by atoms with van der Waals surface area (Å²) in [7, 11) is 0. The van der Waals surface area contributed by atoms with Gasteiger partial charge in [-0.05, 0) is 54.0 Å². The Labute approximate surface area is 168 Å². The first-order valence-electron chi connectivity index (χ1n) is 8.83. The molecule has 27 heavy (non-hydrogen) atoms. The maximum absolute atomic E-state index is 6.01. The van der Waals surface area contributed by atoms with E-state index in [0.29, 0.717) is 16.4 Å². The molecule has 1 heterocycles. The van der Waals surface area contributed by atoms with Gasteiger partial charge in [0.1, 0.15) is 12.4 Å². The van der Waals surface area contributed by atoms with E-state index in [9.17, 15) is 0 Å². The lowest BCUT2D eigenvalue weighted by atomic mass is 10.2. The van der Waals surface area contributed by atoms with Gasteiger partial charge < -0.3 is 4.74 Å². The molecule has 0 aliphatic rings. The lowest BCUT2D eigenvalue weighted by molar-refractivity contribution is 0.306. The van der Waals surface area contributed by atoms with Crippen molar-refractivity contribution in [3.63, 3.8) is 0 Å². The lowest BCUT2D eigenvalue weighted by Gasteiger charge is -2.07. The molecule has 0 spiro atoms. The molecule has 0 saturated heterocycles. The van der Waals surface area contributed by atoms with Crippen LogP contribution in [-0.4, -0.2) is 21.1 Å². The SMILES string of the molecule is CCCCc1n[nH]c(=S)n1/N=C/c1cccc(OCc2cccc(Cl)c2)c1. The zero-order valence-electron chi connectivity index (χ0n) is 15.1. The van der Waals surface area contributed by atoms with E-state index in [-0.39, 0.29) is 0 Å². The molecule has 0 fully saturated rings. The highest BCUT2D eigenvalue weighted by Crippen LogP contribution is 2.16. The van der Waals surface area contributed by atoms with Crippen molar-refractivity contribution in [3.05, 3.63) is 75.3 Å². The molecule has 0 aliphatic heterocycles. The van der Waals surface area contributed by atoms with E-state index >= 15 is 0 Å². The molecule has 0 unspecified atom stereocenters. The Morgan fingerprint density at radius 1 is 1.26 bits per heavy atom. The normalized spacial score (nSPS) is 11.2. The predicted molar refractivity (Wildman–Crippen MR) is 111 cm³/mol. The Bertz CT molecular complexity index is 980. The molecule has 1 aromatic heterocycles. The van der Waals surface area contributed by atoms with Crippen LogP contribution in [0.4, 0.5) is 0 Å². The minimum Gasteiger partial charge on any atom is -0.489 e. The van der Waals surface area contributed by atoms with Gasteiger partial charge in [-0.25, -0.2) is 0 Å². The van der Waals surface area contributed by atoms with Gasteiger partial charge in [-0.15, -0.1) is 0 Å². The first-order valence-corrected chi connectivity index (χ1v) is 9.62. The third kappa shape index (κ3) is 5.52. The first kappa shape index (κ1) is 19.3. The van der Waals surface area contributed by atoms with Crippen LogP contribution in [0.25, 0.3) is 0 Å². The molecule has 1 N–H and O–H groups in total. The Morgan fingerprint density at radius 2 is 2.11 bits per heavy atom. The fourth-order valence-corrected chi connectivity index (χ4v) is 2.95. The number of nitrogens with one attached hydrogen (secondary N) is 1. The number of ether oxygens (including phenoxy) is 1. The average molecular weight is 401 g/mol. The van der Waals surface area contributed by atoms with Crippen LogP contribution in [0.5, 0.6) is 5.75 Å². The van der Waals surface area contributed by atoms with Crippen molar-refractivity contribution in [2.45, 2.75) is 32.8 Å². The van der Waals surface area contributed by atoms with Crippen LogP contribution in [0.2, 0.25) is 5.02 Å². The molecule has 0 radical (unpaired) electrons. The fraction of sp³-hybridized carbons (Fsp3) is 0.250. The Balaban J connectivity index is 1.70. The summed E-state index contributed by atoms with van der Waals surface area (Å²) in [4.78, 5) is 0. The zero-order valence-corrected chi connectivity index (χ0v) is 16.6. The zero-order chi connectivity index (χ0) is 19.1. The molecule has 0 aliphatic carbocycles. The number of aromatic nitrogens is 3. The van der Waals surface area contributed by atoms with Crippen molar-refractivity contribution >= 4 is 30.0 Å². The molecule has 7 heteroatoms. The second-order valence-corrected chi connectivity index (χ2v) is 6.92. The Kier molecular flexibility index (Phi) is 6.79. The molecule has 0 bridgehead atoms. The maximum Gasteiger partial charge on any atom is 0.216 e. The third-order valence-corrected chi connectivity index (χ3v) is 4.45. The van der Waals surface area contributed by atoms with Crippen molar-refractivity contribution in [2.75, 3.05) is 0 Å². The average Bonchev–Trinajstić information content (AvgIpc) is 3.03. The van der Waals surface area contributed by atoms with Gasteiger partial charge in [-0.2, -0.15) is 14.9 Å². The second kappa shape index (κ2) is 9.48. The van der Waals surface area contributed by atoms with E-state index in [1.165, 1.54) is 0 Å². The van der Waals surface area contributed by atoms with E-state index < -0.39 is 0 Å². The minimum absolute atomic E-state index is 0.453. The molecule has 3 rings (SSSR count). The maximum atomic E-state index is 6.01. The molecular weight excluding hydrogens is 380 g/mol. The van der Waals surface area contributed by atoms with Gasteiger partial charge in [0, 0.05) is 11.4 Å². The molecule has 3 aromatic rings. The Morgan fingerprint density at radius 3 is 2.93 bits per heavy atom. The predicted octanol–water partition coefficient (Wildman–Crippen LogP) is 5.40. The van der Waals surface area contributed by atoms with Crippen LogP contribution in [0.3, 0.4) is 0 Å². The summed E-state index contributed by atoms with van der Waals surface area (Å²) in [6, 6.07) is 15.4. The molecule has 2 aromatic carbocycles. The van der Waals surface area contributed by atoms with Gasteiger partial charge in [-0.1, -0.05) is 49.2 Å². The van der Waals surface area contributed by atoms with Gasteiger partial charge in [0.25, 0.3) is 0 Å². The molecule has 5 nitrogen and oxygen atoms in total. The summed E-state index contributed by atoms with van der Waals surface area (Å²) in [6.07, 6.45) is 4.73. The van der Waals surface area contributed by atoms with Gasteiger partial charge in [0.15, 0.2) is 5.82 Å². The summed E-state index contributed by atoms with van der Waals surface area (Å²) in [5.41, 5.74) is 1.94. The summed E-state index contributed by atoms with van der Waals surface area (Å²) in [5, 5.41) is 12.2. The van der Waals surface area contributed by atoms with Crippen molar-refractivity contribution < 1.29 is 4.74 Å². The van der Waals surface area contributed by atoms with Crippen molar-refractivity contribution in [3.8, 4) is 5.75 Å². The number of hydrogen-bond acceptors (Lipinski definition) is 4. The topological polar surface area (TPSA) is 55.2 Å². The number of unbranched alkanes of at least 4 members (excludes halogenated alkanes) is 1. The third-order valence-electron chi connectivity index (χ3n) is 3.95. The van der Waals surface area contributed by atoms with Crippen molar-refractivity contribution in [2.24, 2.45) is 5.10 Å². The van der Waals surface area contributed by atoms with Gasteiger partial charge in [0.2, 0.25) is 4.77 Å². The summed E-state index contributed by atoms with van der Waals surface area (Å²) in [5.74, 6) is 1.60. The van der Waals surface area contributed by atoms with Crippen LogP contribution in [0.15, 0.2) is 53.6 Å². The number of aryl methyl sites for hydroxylation is 1. The van der Waals surface area contributed by atoms with E-state index in [2.05, 4.69) is 22.2 Å². The highest BCUT2D eigenvalue weighted by atomic mass is 35.5. The smallest absolute Gasteiger partial charge is 0.216 e. The summed E-state index contributed by atoms with van der Waals surface area (Å²) >= 11 is 11.3. The van der Waals surface area contributed by atoms with Gasteiger partial charge in [-0.3, -0.25) is 5.10 Å². The minimum atomic E-state index is 0.453. The van der Waals surface area contributed by atoms with Crippen molar-refractivity contribution in [1.82, 2.24) is 14.9 Å². The molecular formula is C20H21ClN4OS. The number of nitrogens with zero attached hydrogens (tertiary/aromatic N) is 3. The standard InChI is InChI=1S/C20H21ClN4OS/c1-2-3-10-19-23-24-20(27)25(19)22-13-15-6-5-9-18(12-15)26-14-16-7-4-8-17(21)11-16/h4-9,11-13H,2-3,10,14H2,1H3,(H,24,27)/b22-13+. The number of H-pyrrole nitrogens is 1. The van der Waals surface area contributed by atoms with Crippen molar-refractivity contribution in [1.29, 1.82) is 0 Å². The monoisotopic (exact) mass is 400 g/mol. The number of hydrogen-bond donors (Lipinski definition) is 1. The molecule has 0 atom stereocenters. The van der Waals surface area contributed by atoms with Gasteiger partial charge >= 0.3 is 0 Å². The molecule has 0 amide bonds. The number of halogens is 1. The molecule has 140 valence electrons. The highest BCUT2D eigenvalue weighted by Gasteiger charge is 2.04. The van der Waals surface area contributed by atoms with E-state index in [1.807, 2.05) is 48.5 Å². The summed E-state index contributed by atoms with van der Waals surface area (Å²) < 4.78 is 8.02. The van der Waals surface area contributed by atoms with Crippen LogP contribution in [0.1, 0.15) is 36.7 Å². The second-order valence-electron chi connectivity index (χ2n) is 6.10. The highest BCUT2D eigenvalue weighted by molar-refractivity contribution is 7.71. The van der Waals surface area contributed by atoms with E-state index in [0.717, 1.165) is 42.0 Å². The van der Waals surface area contributed by atoms with Crippen LogP contribution in [0, 0.1) is 4.77 Å². The largest absolute Gasteiger partial charge is 0.489 e. The molecule has 0 saturated carbocycles. The first-order chi connectivity index (χ1) is 13.2. The van der Waals surface area contributed by atoms with E-state index in [1.54, 1.807) is 10.9 Å². The number of rotatable bonds is 8.